The Hall–Kier alpha value is -2.62. The second kappa shape index (κ2) is 6.65. The summed E-state index contributed by atoms with van der Waals surface area (Å²) in [4.78, 5) is 11.8. The highest BCUT2D eigenvalue weighted by Crippen LogP contribution is 2.19. The molecule has 4 heteroatoms. The average molecular weight is 307 g/mol. The van der Waals surface area contributed by atoms with Gasteiger partial charge in [0.05, 0.1) is 6.54 Å². The number of carbonyl (C=O) groups excluding carboxylic acids is 1. The van der Waals surface area contributed by atoms with E-state index in [1.165, 1.54) is 16.3 Å². The molecule has 0 saturated carbocycles. The van der Waals surface area contributed by atoms with Crippen molar-refractivity contribution >= 4 is 22.5 Å². The number of nitrogens with zero attached hydrogens (tertiary/aromatic N) is 2. The minimum absolute atomic E-state index is 0.00964. The zero-order chi connectivity index (χ0) is 16.2. The van der Waals surface area contributed by atoms with E-state index < -0.39 is 0 Å². The number of benzene rings is 2. The summed E-state index contributed by atoms with van der Waals surface area (Å²) < 4.78 is 1.85. The Kier molecular flexibility index (Phi) is 4.42. The fourth-order valence-electron chi connectivity index (χ4n) is 2.69. The lowest BCUT2D eigenvalue weighted by atomic mass is 10.0. The van der Waals surface area contributed by atoms with Crippen LogP contribution in [0.5, 0.6) is 0 Å². The van der Waals surface area contributed by atoms with Gasteiger partial charge >= 0.3 is 0 Å². The summed E-state index contributed by atoms with van der Waals surface area (Å²) in [6, 6.07) is 16.4. The van der Waals surface area contributed by atoms with Crippen molar-refractivity contribution in [2.75, 3.05) is 5.32 Å². The Morgan fingerprint density at radius 3 is 2.74 bits per heavy atom. The van der Waals surface area contributed by atoms with Crippen LogP contribution in [0.25, 0.3) is 10.8 Å². The predicted octanol–water partition coefficient (Wildman–Crippen LogP) is 4.07. The van der Waals surface area contributed by atoms with Crippen molar-refractivity contribution in [2.45, 2.75) is 26.8 Å². The predicted molar refractivity (Wildman–Crippen MR) is 93.4 cm³/mol. The van der Waals surface area contributed by atoms with Crippen LogP contribution < -0.4 is 5.32 Å². The second-order valence-electron chi connectivity index (χ2n) is 6.18. The van der Waals surface area contributed by atoms with Gasteiger partial charge in [-0.1, -0.05) is 56.3 Å². The molecule has 0 aliphatic carbocycles. The third-order valence-corrected chi connectivity index (χ3v) is 3.71. The lowest BCUT2D eigenvalue weighted by Gasteiger charge is -2.07. The standard InChI is InChI=1S/C19H21N3O/c1-14(2)12-19(23)20-18-10-11-22(21-18)13-16-8-5-7-15-6-3-4-9-17(15)16/h3-11,14H,12-13H2,1-2H3,(H,20,21,23). The number of amides is 1. The van der Waals surface area contributed by atoms with Crippen molar-refractivity contribution in [3.8, 4) is 0 Å². The topological polar surface area (TPSA) is 46.9 Å². The summed E-state index contributed by atoms with van der Waals surface area (Å²) in [5.41, 5.74) is 1.21. The molecule has 1 amide bonds. The summed E-state index contributed by atoms with van der Waals surface area (Å²) in [7, 11) is 0. The summed E-state index contributed by atoms with van der Waals surface area (Å²) in [5, 5.41) is 9.75. The molecule has 0 bridgehead atoms. The SMILES string of the molecule is CC(C)CC(=O)Nc1ccn(Cc2cccc3ccccc23)n1. The van der Waals surface area contributed by atoms with Gasteiger partial charge in [0.1, 0.15) is 0 Å². The molecule has 0 radical (unpaired) electrons. The van der Waals surface area contributed by atoms with E-state index in [0.29, 0.717) is 24.7 Å². The normalized spacial score (nSPS) is 11.1. The Morgan fingerprint density at radius 1 is 1.13 bits per heavy atom. The molecular formula is C19H21N3O. The van der Waals surface area contributed by atoms with Gasteiger partial charge in [0.25, 0.3) is 0 Å². The van der Waals surface area contributed by atoms with Crippen molar-refractivity contribution in [1.29, 1.82) is 0 Å². The number of nitrogens with one attached hydrogen (secondary N) is 1. The molecule has 0 atom stereocenters. The lowest BCUT2D eigenvalue weighted by molar-refractivity contribution is -0.116. The second-order valence-corrected chi connectivity index (χ2v) is 6.18. The van der Waals surface area contributed by atoms with Crippen LogP contribution in [0, 0.1) is 5.92 Å². The quantitative estimate of drug-likeness (QED) is 0.772. The van der Waals surface area contributed by atoms with Crippen LogP contribution in [0.15, 0.2) is 54.7 Å². The largest absolute Gasteiger partial charge is 0.309 e. The van der Waals surface area contributed by atoms with Crippen molar-refractivity contribution in [3.05, 3.63) is 60.3 Å². The van der Waals surface area contributed by atoms with Gasteiger partial charge in [-0.25, -0.2) is 0 Å². The molecule has 1 heterocycles. The molecule has 1 aromatic heterocycles. The molecule has 0 aliphatic rings. The van der Waals surface area contributed by atoms with Crippen molar-refractivity contribution in [1.82, 2.24) is 9.78 Å². The minimum atomic E-state index is 0.00964. The number of hydrogen-bond acceptors (Lipinski definition) is 2. The van der Waals surface area contributed by atoms with Crippen LogP contribution in [0.1, 0.15) is 25.8 Å². The molecule has 23 heavy (non-hydrogen) atoms. The molecular weight excluding hydrogens is 286 g/mol. The lowest BCUT2D eigenvalue weighted by Crippen LogP contribution is -2.14. The zero-order valence-electron chi connectivity index (χ0n) is 13.5. The van der Waals surface area contributed by atoms with Gasteiger partial charge in [-0.05, 0) is 22.3 Å². The fraction of sp³-hybridized carbons (Fsp3) is 0.263. The number of rotatable bonds is 5. The zero-order valence-corrected chi connectivity index (χ0v) is 13.5. The van der Waals surface area contributed by atoms with E-state index in [4.69, 9.17) is 0 Å². The van der Waals surface area contributed by atoms with Crippen LogP contribution >= 0.6 is 0 Å². The Labute approximate surface area is 136 Å². The van der Waals surface area contributed by atoms with Crippen molar-refractivity contribution in [2.24, 2.45) is 5.92 Å². The van der Waals surface area contributed by atoms with Crippen LogP contribution in [0.2, 0.25) is 0 Å². The van der Waals surface area contributed by atoms with Crippen LogP contribution in [-0.4, -0.2) is 15.7 Å². The molecule has 0 saturated heterocycles. The molecule has 0 aliphatic heterocycles. The smallest absolute Gasteiger partial charge is 0.225 e. The summed E-state index contributed by atoms with van der Waals surface area (Å²) in [5.74, 6) is 0.957. The Balaban J connectivity index is 1.75. The molecule has 3 aromatic rings. The number of aromatic nitrogens is 2. The highest BCUT2D eigenvalue weighted by Gasteiger charge is 2.08. The van der Waals surface area contributed by atoms with Gasteiger partial charge in [0, 0.05) is 18.7 Å². The van der Waals surface area contributed by atoms with Gasteiger partial charge in [0.15, 0.2) is 5.82 Å². The minimum Gasteiger partial charge on any atom is -0.309 e. The maximum Gasteiger partial charge on any atom is 0.225 e. The molecule has 0 unspecified atom stereocenters. The molecule has 4 nitrogen and oxygen atoms in total. The van der Waals surface area contributed by atoms with Gasteiger partial charge in [0.2, 0.25) is 5.91 Å². The number of fused-ring (bicyclic) bond motifs is 1. The van der Waals surface area contributed by atoms with Gasteiger partial charge in [-0.3, -0.25) is 9.48 Å². The fourth-order valence-corrected chi connectivity index (χ4v) is 2.69. The van der Waals surface area contributed by atoms with Crippen LogP contribution in [-0.2, 0) is 11.3 Å². The Bertz CT molecular complexity index is 815. The first-order valence-corrected chi connectivity index (χ1v) is 7.92. The molecule has 1 N–H and O–H groups in total. The van der Waals surface area contributed by atoms with E-state index in [-0.39, 0.29) is 5.91 Å². The first-order valence-electron chi connectivity index (χ1n) is 7.92. The highest BCUT2D eigenvalue weighted by atomic mass is 16.1. The van der Waals surface area contributed by atoms with Gasteiger partial charge < -0.3 is 5.32 Å². The average Bonchev–Trinajstić information content (AvgIpc) is 2.94. The molecule has 3 rings (SSSR count). The first kappa shape index (κ1) is 15.3. The van der Waals surface area contributed by atoms with E-state index in [9.17, 15) is 4.79 Å². The molecule has 0 spiro atoms. The van der Waals surface area contributed by atoms with Crippen molar-refractivity contribution in [3.63, 3.8) is 0 Å². The van der Waals surface area contributed by atoms with Crippen molar-refractivity contribution < 1.29 is 4.79 Å². The summed E-state index contributed by atoms with van der Waals surface area (Å²) in [6.45, 7) is 4.73. The van der Waals surface area contributed by atoms with Crippen LogP contribution in [0.3, 0.4) is 0 Å². The highest BCUT2D eigenvalue weighted by molar-refractivity contribution is 5.89. The number of carbonyl (C=O) groups is 1. The molecule has 118 valence electrons. The van der Waals surface area contributed by atoms with E-state index in [0.717, 1.165) is 0 Å². The monoisotopic (exact) mass is 307 g/mol. The maximum absolute atomic E-state index is 11.8. The Morgan fingerprint density at radius 2 is 1.91 bits per heavy atom. The third kappa shape index (κ3) is 3.77. The molecule has 0 fully saturated rings. The van der Waals surface area contributed by atoms with E-state index in [1.54, 1.807) is 0 Å². The molecule has 2 aromatic carbocycles. The first-order chi connectivity index (χ1) is 11.1. The summed E-state index contributed by atoms with van der Waals surface area (Å²) in [6.07, 6.45) is 2.41. The number of hydrogen-bond donors (Lipinski definition) is 1. The van der Waals surface area contributed by atoms with E-state index in [2.05, 4.69) is 40.7 Å². The van der Waals surface area contributed by atoms with E-state index in [1.807, 2.05) is 42.9 Å². The maximum atomic E-state index is 11.8. The number of anilines is 1. The van der Waals surface area contributed by atoms with Gasteiger partial charge in [-0.2, -0.15) is 5.10 Å². The van der Waals surface area contributed by atoms with E-state index >= 15 is 0 Å². The summed E-state index contributed by atoms with van der Waals surface area (Å²) >= 11 is 0. The van der Waals surface area contributed by atoms with Gasteiger partial charge in [-0.15, -0.1) is 0 Å². The van der Waals surface area contributed by atoms with Crippen LogP contribution in [0.4, 0.5) is 5.82 Å². The third-order valence-electron chi connectivity index (χ3n) is 3.71.